The van der Waals surface area contributed by atoms with Crippen LogP contribution in [-0.2, 0) is 14.4 Å². The Balaban J connectivity index is 1.57. The molecule has 2 aromatic carbocycles. The van der Waals surface area contributed by atoms with Crippen LogP contribution >= 0.6 is 0 Å². The molecule has 0 saturated carbocycles. The van der Waals surface area contributed by atoms with Crippen molar-refractivity contribution < 1.29 is 28.2 Å². The smallest absolute Gasteiger partial charge is 0.276 e. The van der Waals surface area contributed by atoms with Gasteiger partial charge in [0.05, 0.1) is 6.54 Å². The lowest BCUT2D eigenvalue weighted by molar-refractivity contribution is -0.131. The van der Waals surface area contributed by atoms with Gasteiger partial charge in [0.15, 0.2) is 13.2 Å². The fourth-order valence-corrected chi connectivity index (χ4v) is 1.79. The second-order valence-electron chi connectivity index (χ2n) is 5.22. The lowest BCUT2D eigenvalue weighted by Gasteiger charge is -2.10. The molecule has 3 amide bonds. The van der Waals surface area contributed by atoms with Gasteiger partial charge in [-0.1, -0.05) is 18.2 Å². The van der Waals surface area contributed by atoms with Crippen LogP contribution < -0.4 is 25.6 Å². The van der Waals surface area contributed by atoms with Gasteiger partial charge >= 0.3 is 0 Å². The molecule has 8 nitrogen and oxygen atoms in total. The number of hydrogen-bond acceptors (Lipinski definition) is 5. The summed E-state index contributed by atoms with van der Waals surface area (Å²) in [5.74, 6) is -1.31. The predicted molar refractivity (Wildman–Crippen MR) is 93.1 cm³/mol. The average Bonchev–Trinajstić information content (AvgIpc) is 2.69. The lowest BCUT2D eigenvalue weighted by Crippen LogP contribution is -2.48. The topological polar surface area (TPSA) is 106 Å². The van der Waals surface area contributed by atoms with Crippen molar-refractivity contribution in [3.8, 4) is 11.5 Å². The second-order valence-corrected chi connectivity index (χ2v) is 5.22. The molecule has 0 atom stereocenters. The summed E-state index contributed by atoms with van der Waals surface area (Å²) < 4.78 is 23.1. The zero-order chi connectivity index (χ0) is 19.5. The fraction of sp³-hybridized carbons (Fsp3) is 0.167. The second kappa shape index (κ2) is 10.4. The van der Waals surface area contributed by atoms with Gasteiger partial charge in [0.2, 0.25) is 0 Å². The molecule has 0 aliphatic heterocycles. The maximum absolute atomic E-state index is 12.7. The fourth-order valence-electron chi connectivity index (χ4n) is 1.79. The number of nitrogens with one attached hydrogen (secondary N) is 3. The van der Waals surface area contributed by atoms with Gasteiger partial charge < -0.3 is 14.8 Å². The van der Waals surface area contributed by atoms with E-state index in [1.807, 2.05) is 6.07 Å². The number of carbonyl (C=O) groups excluding carboxylic acids is 3. The van der Waals surface area contributed by atoms with Gasteiger partial charge in [-0.15, -0.1) is 0 Å². The van der Waals surface area contributed by atoms with Crippen molar-refractivity contribution in [3.05, 3.63) is 60.4 Å². The molecule has 2 aromatic rings. The van der Waals surface area contributed by atoms with Crippen LogP contribution in [0.15, 0.2) is 54.6 Å². The van der Waals surface area contributed by atoms with E-state index >= 15 is 0 Å². The molecule has 0 aliphatic carbocycles. The molecule has 0 saturated heterocycles. The number of rotatable bonds is 8. The first-order valence-corrected chi connectivity index (χ1v) is 7.93. The summed E-state index contributed by atoms with van der Waals surface area (Å²) in [7, 11) is 0. The largest absolute Gasteiger partial charge is 0.484 e. The molecule has 9 heteroatoms. The zero-order valence-electron chi connectivity index (χ0n) is 14.2. The van der Waals surface area contributed by atoms with Gasteiger partial charge in [0.1, 0.15) is 17.3 Å². The molecule has 3 N–H and O–H groups in total. The van der Waals surface area contributed by atoms with Crippen molar-refractivity contribution in [2.45, 2.75) is 0 Å². The first-order chi connectivity index (χ1) is 13.0. The number of benzene rings is 2. The number of hydrogen-bond donors (Lipinski definition) is 3. The van der Waals surface area contributed by atoms with Gasteiger partial charge in [-0.2, -0.15) is 0 Å². The van der Waals surface area contributed by atoms with Crippen LogP contribution in [0.4, 0.5) is 4.39 Å². The summed E-state index contributed by atoms with van der Waals surface area (Å²) >= 11 is 0. The van der Waals surface area contributed by atoms with E-state index < -0.39 is 23.5 Å². The molecular weight excluding hydrogens is 357 g/mol. The Hall–Kier alpha value is -3.62. The first kappa shape index (κ1) is 19.7. The number of halogens is 1. The third-order valence-electron chi connectivity index (χ3n) is 3.08. The standard InChI is InChI=1S/C18H18FN3O5/c19-13-6-8-15(9-7-13)27-12-18(25)22-21-16(23)10-20-17(24)11-26-14-4-2-1-3-5-14/h1-9H,10-12H2,(H,20,24)(H,21,23)(H,22,25). The average molecular weight is 375 g/mol. The highest BCUT2D eigenvalue weighted by molar-refractivity contribution is 5.87. The Labute approximate surface area is 154 Å². The highest BCUT2D eigenvalue weighted by Gasteiger charge is 2.08. The molecule has 2 rings (SSSR count). The van der Waals surface area contributed by atoms with Crippen molar-refractivity contribution >= 4 is 17.7 Å². The molecule has 0 aliphatic rings. The van der Waals surface area contributed by atoms with Crippen LogP contribution in [0.3, 0.4) is 0 Å². The van der Waals surface area contributed by atoms with E-state index in [0.717, 1.165) is 0 Å². The lowest BCUT2D eigenvalue weighted by atomic mass is 10.3. The number of ether oxygens (including phenoxy) is 2. The summed E-state index contributed by atoms with van der Waals surface area (Å²) in [6.07, 6.45) is 0. The first-order valence-electron chi connectivity index (χ1n) is 7.93. The predicted octanol–water partition coefficient (Wildman–Crippen LogP) is 0.547. The highest BCUT2D eigenvalue weighted by atomic mass is 19.1. The molecule has 0 heterocycles. The molecule has 0 unspecified atom stereocenters. The van der Waals surface area contributed by atoms with E-state index in [9.17, 15) is 18.8 Å². The third kappa shape index (κ3) is 7.86. The molecule has 0 spiro atoms. The van der Waals surface area contributed by atoms with E-state index in [-0.39, 0.29) is 19.8 Å². The monoisotopic (exact) mass is 375 g/mol. The van der Waals surface area contributed by atoms with Crippen LogP contribution in [0.1, 0.15) is 0 Å². The normalized spacial score (nSPS) is 9.81. The summed E-state index contributed by atoms with van der Waals surface area (Å²) in [6, 6.07) is 13.9. The van der Waals surface area contributed by atoms with Crippen molar-refractivity contribution in [1.29, 1.82) is 0 Å². The van der Waals surface area contributed by atoms with E-state index in [2.05, 4.69) is 16.2 Å². The number of amides is 3. The SMILES string of the molecule is O=C(COc1ccccc1)NCC(=O)NNC(=O)COc1ccc(F)cc1. The van der Waals surface area contributed by atoms with Gasteiger partial charge in [-0.3, -0.25) is 25.2 Å². The van der Waals surface area contributed by atoms with Gasteiger partial charge in [-0.05, 0) is 36.4 Å². The molecular formula is C18H18FN3O5. The Morgan fingerprint density at radius 3 is 1.96 bits per heavy atom. The van der Waals surface area contributed by atoms with Crippen molar-refractivity contribution in [1.82, 2.24) is 16.2 Å². The Morgan fingerprint density at radius 1 is 0.741 bits per heavy atom. The van der Waals surface area contributed by atoms with E-state index in [1.165, 1.54) is 24.3 Å². The molecule has 0 aromatic heterocycles. The Kier molecular flexibility index (Phi) is 7.58. The summed E-state index contributed by atoms with van der Waals surface area (Å²) in [5.41, 5.74) is 4.25. The quantitative estimate of drug-likeness (QED) is 0.584. The van der Waals surface area contributed by atoms with Crippen LogP contribution in [0, 0.1) is 5.82 Å². The van der Waals surface area contributed by atoms with Gasteiger partial charge in [0.25, 0.3) is 17.7 Å². The van der Waals surface area contributed by atoms with Crippen molar-refractivity contribution in [2.75, 3.05) is 19.8 Å². The maximum Gasteiger partial charge on any atom is 0.276 e. The number of carbonyl (C=O) groups is 3. The van der Waals surface area contributed by atoms with Crippen LogP contribution in [0.25, 0.3) is 0 Å². The van der Waals surface area contributed by atoms with Gasteiger partial charge in [-0.25, -0.2) is 4.39 Å². The molecule has 0 bridgehead atoms. The summed E-state index contributed by atoms with van der Waals surface area (Å²) in [4.78, 5) is 34.7. The maximum atomic E-state index is 12.7. The molecule has 0 fully saturated rings. The van der Waals surface area contributed by atoms with E-state index in [4.69, 9.17) is 9.47 Å². The van der Waals surface area contributed by atoms with E-state index in [1.54, 1.807) is 24.3 Å². The van der Waals surface area contributed by atoms with Crippen LogP contribution in [-0.4, -0.2) is 37.5 Å². The summed E-state index contributed by atoms with van der Waals surface area (Å²) in [6.45, 7) is -0.950. The van der Waals surface area contributed by atoms with E-state index in [0.29, 0.717) is 11.5 Å². The van der Waals surface area contributed by atoms with Crippen molar-refractivity contribution in [3.63, 3.8) is 0 Å². The van der Waals surface area contributed by atoms with Crippen molar-refractivity contribution in [2.24, 2.45) is 0 Å². The number of para-hydroxylation sites is 1. The number of hydrazine groups is 1. The van der Waals surface area contributed by atoms with Gasteiger partial charge in [0, 0.05) is 0 Å². The molecule has 142 valence electrons. The Bertz CT molecular complexity index is 768. The van der Waals surface area contributed by atoms with Crippen LogP contribution in [0.2, 0.25) is 0 Å². The van der Waals surface area contributed by atoms with Crippen LogP contribution in [0.5, 0.6) is 11.5 Å². The zero-order valence-corrected chi connectivity index (χ0v) is 14.2. The minimum atomic E-state index is -0.627. The minimum absolute atomic E-state index is 0.241. The molecule has 27 heavy (non-hydrogen) atoms. The molecule has 0 radical (unpaired) electrons. The minimum Gasteiger partial charge on any atom is -0.484 e. The highest BCUT2D eigenvalue weighted by Crippen LogP contribution is 2.10. The third-order valence-corrected chi connectivity index (χ3v) is 3.08. The Morgan fingerprint density at radius 2 is 1.30 bits per heavy atom. The summed E-state index contributed by atoms with van der Waals surface area (Å²) in [5, 5.41) is 2.35.